The Morgan fingerprint density at radius 3 is 2.84 bits per heavy atom. The average Bonchev–Trinajstić information content (AvgIpc) is 2.92. The molecule has 198 valence electrons. The molecule has 0 radical (unpaired) electrons. The molecular weight excluding hydrogens is 464 g/mol. The Kier molecular flexibility index (Phi) is 8.39. The molecule has 3 heterocycles. The fourth-order valence-electron chi connectivity index (χ4n) is 6.30. The van der Waals surface area contributed by atoms with E-state index in [0.29, 0.717) is 0 Å². The van der Waals surface area contributed by atoms with Crippen molar-refractivity contribution in [1.82, 2.24) is 15.2 Å². The molecule has 7 nitrogen and oxygen atoms in total. The Labute approximate surface area is 220 Å². The summed E-state index contributed by atoms with van der Waals surface area (Å²) < 4.78 is 0. The van der Waals surface area contributed by atoms with Gasteiger partial charge < -0.3 is 20.6 Å². The number of carbonyl (C=O) groups is 2. The van der Waals surface area contributed by atoms with Crippen molar-refractivity contribution in [3.8, 4) is 0 Å². The van der Waals surface area contributed by atoms with Gasteiger partial charge in [0.25, 0.3) is 0 Å². The highest BCUT2D eigenvalue weighted by molar-refractivity contribution is 5.80. The Bertz CT molecular complexity index is 1120. The number of aryl methyl sites for hydroxylation is 3. The Hall–Kier alpha value is -2.93. The third-order valence-electron chi connectivity index (χ3n) is 8.24. The molecule has 1 saturated heterocycles. The maximum Gasteiger partial charge on any atom is 0.305 e. The molecule has 1 fully saturated rings. The summed E-state index contributed by atoms with van der Waals surface area (Å²) >= 11 is 0. The third-order valence-corrected chi connectivity index (χ3v) is 8.24. The van der Waals surface area contributed by atoms with Gasteiger partial charge in [-0.2, -0.15) is 0 Å². The van der Waals surface area contributed by atoms with Gasteiger partial charge in [0.15, 0.2) is 0 Å². The van der Waals surface area contributed by atoms with Gasteiger partial charge in [0.05, 0.1) is 18.4 Å². The number of carbonyl (C=O) groups excluding carboxylic acids is 1. The number of rotatable bonds is 9. The quantitative estimate of drug-likeness (QED) is 0.472. The zero-order valence-corrected chi connectivity index (χ0v) is 21.8. The number of carboxylic acids is 1. The molecule has 3 aliphatic rings. The van der Waals surface area contributed by atoms with Crippen molar-refractivity contribution >= 4 is 17.7 Å². The molecule has 1 aliphatic carbocycles. The first kappa shape index (κ1) is 25.7. The van der Waals surface area contributed by atoms with Gasteiger partial charge in [-0.05, 0) is 106 Å². The van der Waals surface area contributed by atoms with E-state index in [4.69, 9.17) is 4.98 Å². The minimum Gasteiger partial charge on any atom is -0.481 e. The summed E-state index contributed by atoms with van der Waals surface area (Å²) in [5.41, 5.74) is 5.99. The van der Waals surface area contributed by atoms with Gasteiger partial charge in [0.2, 0.25) is 5.91 Å². The number of pyridine rings is 1. The Morgan fingerprint density at radius 2 is 1.95 bits per heavy atom. The number of carboxylic acid groups (broad SMARTS) is 1. The van der Waals surface area contributed by atoms with E-state index >= 15 is 0 Å². The van der Waals surface area contributed by atoms with E-state index < -0.39 is 12.0 Å². The van der Waals surface area contributed by atoms with Crippen molar-refractivity contribution in [2.24, 2.45) is 5.92 Å². The van der Waals surface area contributed by atoms with Crippen LogP contribution in [-0.4, -0.2) is 53.0 Å². The number of hydrogen-bond donors (Lipinski definition) is 3. The van der Waals surface area contributed by atoms with Crippen LogP contribution in [0, 0.1) is 5.92 Å². The molecule has 5 rings (SSSR count). The number of amides is 1. The van der Waals surface area contributed by atoms with Crippen LogP contribution in [0.1, 0.15) is 78.9 Å². The first-order valence-corrected chi connectivity index (χ1v) is 14.1. The molecule has 1 amide bonds. The van der Waals surface area contributed by atoms with Crippen LogP contribution in [0.25, 0.3) is 0 Å². The van der Waals surface area contributed by atoms with E-state index in [-0.39, 0.29) is 18.2 Å². The lowest BCUT2D eigenvalue weighted by Gasteiger charge is -2.33. The highest BCUT2D eigenvalue weighted by Gasteiger charge is 2.29. The monoisotopic (exact) mass is 504 g/mol. The number of benzene rings is 1. The van der Waals surface area contributed by atoms with Crippen molar-refractivity contribution in [2.75, 3.05) is 31.5 Å². The summed E-state index contributed by atoms with van der Waals surface area (Å²) in [5, 5.41) is 16.2. The highest BCUT2D eigenvalue weighted by Crippen LogP contribution is 2.30. The molecule has 3 N–H and O–H groups in total. The highest BCUT2D eigenvalue weighted by atomic mass is 16.4. The molecule has 37 heavy (non-hydrogen) atoms. The maximum atomic E-state index is 13.4. The first-order valence-electron chi connectivity index (χ1n) is 14.1. The van der Waals surface area contributed by atoms with Crippen LogP contribution >= 0.6 is 0 Å². The molecule has 1 aromatic carbocycles. The van der Waals surface area contributed by atoms with Crippen LogP contribution in [0.2, 0.25) is 0 Å². The van der Waals surface area contributed by atoms with Gasteiger partial charge in [-0.15, -0.1) is 0 Å². The molecule has 0 bridgehead atoms. The van der Waals surface area contributed by atoms with E-state index in [2.05, 4.69) is 33.7 Å². The zero-order chi connectivity index (χ0) is 25.6. The van der Waals surface area contributed by atoms with Crippen LogP contribution in [0.15, 0.2) is 30.3 Å². The normalized spacial score (nSPS) is 20.3. The van der Waals surface area contributed by atoms with Crippen molar-refractivity contribution < 1.29 is 14.7 Å². The lowest BCUT2D eigenvalue weighted by molar-refractivity contribution is -0.138. The van der Waals surface area contributed by atoms with Gasteiger partial charge in [0, 0.05) is 18.8 Å². The predicted octanol–water partition coefficient (Wildman–Crippen LogP) is 4.30. The molecule has 2 unspecified atom stereocenters. The van der Waals surface area contributed by atoms with E-state index in [1.807, 2.05) is 12.1 Å². The van der Waals surface area contributed by atoms with E-state index in [0.717, 1.165) is 94.6 Å². The predicted molar refractivity (Wildman–Crippen MR) is 145 cm³/mol. The van der Waals surface area contributed by atoms with E-state index in [9.17, 15) is 14.7 Å². The third kappa shape index (κ3) is 6.50. The van der Waals surface area contributed by atoms with Gasteiger partial charge >= 0.3 is 5.97 Å². The molecular formula is C30H40N4O3. The zero-order valence-electron chi connectivity index (χ0n) is 21.8. The number of aliphatic carboxylic acids is 1. The molecule has 1 aromatic heterocycles. The van der Waals surface area contributed by atoms with Crippen molar-refractivity contribution in [1.29, 1.82) is 0 Å². The molecule has 0 saturated carbocycles. The van der Waals surface area contributed by atoms with Crippen LogP contribution in [0.4, 0.5) is 5.82 Å². The van der Waals surface area contributed by atoms with Crippen LogP contribution in [0.3, 0.4) is 0 Å². The van der Waals surface area contributed by atoms with E-state index in [1.165, 1.54) is 29.5 Å². The summed E-state index contributed by atoms with van der Waals surface area (Å²) in [5.74, 6) is 0.0615. The smallest absolute Gasteiger partial charge is 0.305 e. The second-order valence-corrected chi connectivity index (χ2v) is 10.9. The molecule has 7 heteroatoms. The largest absolute Gasteiger partial charge is 0.481 e. The fraction of sp³-hybridized carbons (Fsp3) is 0.567. The van der Waals surface area contributed by atoms with Crippen LogP contribution in [-0.2, 0) is 35.3 Å². The maximum absolute atomic E-state index is 13.4. The standard InChI is InChI=1S/C30H40N4O3/c35-28(36)19-27(26-13-3-8-21-7-1-2-12-25(21)26)33-30(37)23-10-5-17-34(20-23)18-6-11-24-15-14-22-9-4-16-31-29(22)32-24/h3,8,13-15,23,27H,1-2,4-7,9-12,16-20H2,(H,31,32)(H,33,37)(H,35,36). The van der Waals surface area contributed by atoms with Crippen LogP contribution < -0.4 is 10.6 Å². The Balaban J connectivity index is 1.17. The number of fused-ring (bicyclic) bond motifs is 2. The molecule has 2 aliphatic heterocycles. The topological polar surface area (TPSA) is 94.6 Å². The number of likely N-dealkylation sites (tertiary alicyclic amines) is 1. The number of anilines is 1. The summed E-state index contributed by atoms with van der Waals surface area (Å²) in [4.78, 5) is 32.3. The van der Waals surface area contributed by atoms with Gasteiger partial charge in [-0.3, -0.25) is 9.59 Å². The van der Waals surface area contributed by atoms with E-state index in [1.54, 1.807) is 0 Å². The summed E-state index contributed by atoms with van der Waals surface area (Å²) in [6.45, 7) is 3.69. The second-order valence-electron chi connectivity index (χ2n) is 10.9. The first-order chi connectivity index (χ1) is 18.1. The minimum atomic E-state index is -0.880. The van der Waals surface area contributed by atoms with Gasteiger partial charge in [-0.1, -0.05) is 24.3 Å². The van der Waals surface area contributed by atoms with Gasteiger partial charge in [0.1, 0.15) is 5.82 Å². The Morgan fingerprint density at radius 1 is 1.08 bits per heavy atom. The summed E-state index contributed by atoms with van der Waals surface area (Å²) in [6.07, 6.45) is 10.3. The summed E-state index contributed by atoms with van der Waals surface area (Å²) in [7, 11) is 0. The molecule has 2 aromatic rings. The number of nitrogens with zero attached hydrogens (tertiary/aromatic N) is 2. The van der Waals surface area contributed by atoms with Crippen LogP contribution in [0.5, 0.6) is 0 Å². The number of nitrogens with one attached hydrogen (secondary N) is 2. The van der Waals surface area contributed by atoms with Crippen molar-refractivity contribution in [3.63, 3.8) is 0 Å². The van der Waals surface area contributed by atoms with Crippen molar-refractivity contribution in [2.45, 2.75) is 76.7 Å². The summed E-state index contributed by atoms with van der Waals surface area (Å²) in [6, 6.07) is 10.1. The molecule has 2 atom stereocenters. The van der Waals surface area contributed by atoms with Crippen molar-refractivity contribution in [3.05, 3.63) is 58.3 Å². The minimum absolute atomic E-state index is 0.00760. The lowest BCUT2D eigenvalue weighted by Crippen LogP contribution is -2.44. The SMILES string of the molecule is O=C(O)CC(NC(=O)C1CCCN(CCCc2ccc3c(n2)NCCC3)C1)c1cccc2c1CCCC2. The second kappa shape index (κ2) is 12.1. The van der Waals surface area contributed by atoms with Gasteiger partial charge in [-0.25, -0.2) is 4.98 Å². The average molecular weight is 505 g/mol. The fourth-order valence-corrected chi connectivity index (χ4v) is 6.30. The number of hydrogen-bond acceptors (Lipinski definition) is 5. The molecule has 0 spiro atoms. The number of aromatic nitrogens is 1. The number of piperidine rings is 1. The lowest BCUT2D eigenvalue weighted by atomic mass is 9.85.